The number of carbonyl (C=O) groups excluding carboxylic acids is 2. The van der Waals surface area contributed by atoms with Crippen LogP contribution >= 0.6 is 11.6 Å². The quantitative estimate of drug-likeness (QED) is 0.712. The molecule has 29 heavy (non-hydrogen) atoms. The first kappa shape index (κ1) is 18.5. The molecule has 2 unspecified atom stereocenters. The molecule has 5 aliphatic rings. The van der Waals surface area contributed by atoms with Gasteiger partial charge in [-0.3, -0.25) is 19.4 Å². The van der Waals surface area contributed by atoms with Crippen molar-refractivity contribution in [3.63, 3.8) is 0 Å². The van der Waals surface area contributed by atoms with E-state index >= 15 is 0 Å². The molecule has 0 aromatic heterocycles. The van der Waals surface area contributed by atoms with E-state index in [4.69, 9.17) is 11.6 Å². The highest BCUT2D eigenvalue weighted by Gasteiger charge is 2.59. The number of ketones is 1. The van der Waals surface area contributed by atoms with E-state index in [-0.39, 0.29) is 46.6 Å². The summed E-state index contributed by atoms with van der Waals surface area (Å²) >= 11 is 6.26. The normalized spacial score (nSPS) is 30.2. The maximum Gasteiger partial charge on any atom is 0.312 e. The molecule has 3 aliphatic heterocycles. The van der Waals surface area contributed by atoms with Gasteiger partial charge in [0.15, 0.2) is 5.78 Å². The van der Waals surface area contributed by atoms with Crippen LogP contribution in [0.5, 0.6) is 0 Å². The van der Waals surface area contributed by atoms with Gasteiger partial charge >= 0.3 is 5.97 Å². The summed E-state index contributed by atoms with van der Waals surface area (Å²) in [6.45, 7) is 0.167. The van der Waals surface area contributed by atoms with Crippen LogP contribution in [0.4, 0.5) is 4.39 Å². The summed E-state index contributed by atoms with van der Waals surface area (Å²) in [4.78, 5) is 43.1. The first-order valence-corrected chi connectivity index (χ1v) is 9.99. The van der Waals surface area contributed by atoms with E-state index < -0.39 is 23.5 Å². The molecule has 0 aromatic rings. The van der Waals surface area contributed by atoms with Crippen molar-refractivity contribution in [1.82, 2.24) is 4.90 Å². The van der Waals surface area contributed by atoms with Crippen molar-refractivity contribution < 1.29 is 23.9 Å². The van der Waals surface area contributed by atoms with Crippen LogP contribution < -0.4 is 0 Å². The summed E-state index contributed by atoms with van der Waals surface area (Å²) in [6, 6.07) is -0.269. The summed E-state index contributed by atoms with van der Waals surface area (Å²) in [6.07, 6.45) is 6.61. The second-order valence-electron chi connectivity index (χ2n) is 8.32. The Kier molecular flexibility index (Phi) is 3.97. The largest absolute Gasteiger partial charge is 0.481 e. The number of rotatable bonds is 1. The van der Waals surface area contributed by atoms with Crippen molar-refractivity contribution >= 4 is 35.5 Å². The van der Waals surface area contributed by atoms with Crippen molar-refractivity contribution in [2.45, 2.75) is 31.7 Å². The molecule has 0 aromatic carbocycles. The van der Waals surface area contributed by atoms with E-state index in [2.05, 4.69) is 4.99 Å². The van der Waals surface area contributed by atoms with Crippen molar-refractivity contribution in [3.8, 4) is 0 Å². The highest BCUT2D eigenvalue weighted by molar-refractivity contribution is 6.40. The third-order valence-corrected chi connectivity index (χ3v) is 7.11. The lowest BCUT2D eigenvalue weighted by Crippen LogP contribution is -2.52. The minimum atomic E-state index is -1.12. The number of carboxylic acid groups (broad SMARTS) is 1. The first-order chi connectivity index (χ1) is 13.8. The zero-order valence-corrected chi connectivity index (χ0v) is 16.2. The van der Waals surface area contributed by atoms with Crippen LogP contribution in [0.25, 0.3) is 0 Å². The average Bonchev–Trinajstić information content (AvgIpc) is 2.92. The Balaban J connectivity index is 1.79. The minimum absolute atomic E-state index is 0.00485. The SMILES string of the molecule is O=C1C=C(F)C2=C(Cl)C=NCC3=C(C2=C1)C(C(=O)O)CN1C(=O)CC2(CCC2)C31. The van der Waals surface area contributed by atoms with Gasteiger partial charge in [0.25, 0.3) is 0 Å². The summed E-state index contributed by atoms with van der Waals surface area (Å²) in [5.74, 6) is -3.60. The molecule has 150 valence electrons. The van der Waals surface area contributed by atoms with Crippen LogP contribution in [0, 0.1) is 11.3 Å². The molecular formula is C21H18ClFN2O4. The third-order valence-electron chi connectivity index (χ3n) is 6.83. The highest BCUT2D eigenvalue weighted by Crippen LogP contribution is 2.58. The number of aliphatic carboxylic acids is 1. The highest BCUT2D eigenvalue weighted by atomic mass is 35.5. The van der Waals surface area contributed by atoms with Crippen molar-refractivity contribution in [2.75, 3.05) is 13.1 Å². The molecule has 2 atom stereocenters. The van der Waals surface area contributed by atoms with Gasteiger partial charge in [-0.2, -0.15) is 0 Å². The molecule has 6 nitrogen and oxygen atoms in total. The van der Waals surface area contributed by atoms with Crippen LogP contribution in [0.2, 0.25) is 0 Å². The Labute approximate surface area is 171 Å². The maximum absolute atomic E-state index is 14.7. The monoisotopic (exact) mass is 416 g/mol. The molecule has 2 fully saturated rings. The summed E-state index contributed by atoms with van der Waals surface area (Å²) in [5, 5.41) is 9.98. The Hall–Kier alpha value is -2.54. The Morgan fingerprint density at radius 2 is 2.07 bits per heavy atom. The van der Waals surface area contributed by atoms with Gasteiger partial charge in [0, 0.05) is 36.2 Å². The number of halogens is 2. The minimum Gasteiger partial charge on any atom is -0.481 e. The number of allylic oxidation sites excluding steroid dienone is 6. The van der Waals surface area contributed by atoms with E-state index in [1.807, 2.05) is 0 Å². The second-order valence-corrected chi connectivity index (χ2v) is 8.72. The number of nitrogens with zero attached hydrogens (tertiary/aromatic N) is 2. The number of carbonyl (C=O) groups is 3. The number of hydrogen-bond acceptors (Lipinski definition) is 4. The fourth-order valence-corrected chi connectivity index (χ4v) is 5.80. The fourth-order valence-electron chi connectivity index (χ4n) is 5.54. The summed E-state index contributed by atoms with van der Waals surface area (Å²) in [7, 11) is 0. The summed E-state index contributed by atoms with van der Waals surface area (Å²) < 4.78 is 14.7. The van der Waals surface area contributed by atoms with Crippen LogP contribution in [-0.2, 0) is 14.4 Å². The van der Waals surface area contributed by atoms with Gasteiger partial charge < -0.3 is 10.0 Å². The van der Waals surface area contributed by atoms with Gasteiger partial charge in [0.2, 0.25) is 5.91 Å². The predicted octanol–water partition coefficient (Wildman–Crippen LogP) is 2.71. The van der Waals surface area contributed by atoms with Crippen molar-refractivity contribution in [2.24, 2.45) is 16.3 Å². The fraction of sp³-hybridized carbons (Fsp3) is 0.429. The van der Waals surface area contributed by atoms with Crippen molar-refractivity contribution in [1.29, 1.82) is 0 Å². The zero-order chi connectivity index (χ0) is 20.5. The average molecular weight is 417 g/mol. The van der Waals surface area contributed by atoms with E-state index in [0.29, 0.717) is 17.6 Å². The summed E-state index contributed by atoms with van der Waals surface area (Å²) in [5.41, 5.74) is 1.06. The van der Waals surface area contributed by atoms with Gasteiger partial charge in [0.05, 0.1) is 23.5 Å². The van der Waals surface area contributed by atoms with Gasteiger partial charge in [-0.05, 0) is 35.6 Å². The van der Waals surface area contributed by atoms with Gasteiger partial charge in [-0.25, -0.2) is 4.39 Å². The molecule has 1 spiro atoms. The van der Waals surface area contributed by atoms with Crippen LogP contribution in [-0.4, -0.2) is 53.0 Å². The number of carboxylic acids is 1. The van der Waals surface area contributed by atoms with E-state index in [1.54, 1.807) is 4.90 Å². The number of hydrogen-bond donors (Lipinski definition) is 1. The lowest BCUT2D eigenvalue weighted by molar-refractivity contribution is -0.142. The predicted molar refractivity (Wildman–Crippen MR) is 103 cm³/mol. The zero-order valence-electron chi connectivity index (χ0n) is 15.5. The topological polar surface area (TPSA) is 87.0 Å². The van der Waals surface area contributed by atoms with Crippen LogP contribution in [0.3, 0.4) is 0 Å². The number of fused-ring (bicyclic) bond motifs is 5. The molecule has 1 saturated carbocycles. The van der Waals surface area contributed by atoms with Gasteiger partial charge in [-0.1, -0.05) is 18.0 Å². The first-order valence-electron chi connectivity index (χ1n) is 9.61. The van der Waals surface area contributed by atoms with Crippen LogP contribution in [0.15, 0.2) is 50.3 Å². The smallest absolute Gasteiger partial charge is 0.312 e. The molecule has 2 aliphatic carbocycles. The number of amides is 1. The van der Waals surface area contributed by atoms with Crippen molar-refractivity contribution in [3.05, 3.63) is 45.3 Å². The maximum atomic E-state index is 14.7. The van der Waals surface area contributed by atoms with Gasteiger partial charge in [-0.15, -0.1) is 0 Å². The Bertz CT molecular complexity index is 1030. The van der Waals surface area contributed by atoms with E-state index in [1.165, 1.54) is 12.3 Å². The van der Waals surface area contributed by atoms with Crippen LogP contribution in [0.1, 0.15) is 25.7 Å². The Morgan fingerprint density at radius 1 is 1.31 bits per heavy atom. The molecule has 0 radical (unpaired) electrons. The lowest BCUT2D eigenvalue weighted by Gasteiger charge is -2.49. The third kappa shape index (κ3) is 2.53. The molecule has 0 bridgehead atoms. The lowest BCUT2D eigenvalue weighted by atomic mass is 9.60. The van der Waals surface area contributed by atoms with Gasteiger partial charge in [0.1, 0.15) is 5.83 Å². The second kappa shape index (κ2) is 6.23. The molecule has 3 heterocycles. The number of aliphatic imine (C=N–C) groups is 1. The molecule has 5 rings (SSSR count). The van der Waals surface area contributed by atoms with E-state index in [9.17, 15) is 23.9 Å². The Morgan fingerprint density at radius 3 is 2.72 bits per heavy atom. The molecule has 1 N–H and O–H groups in total. The molecular weight excluding hydrogens is 399 g/mol. The molecule has 1 saturated heterocycles. The standard InChI is InChI=1S/C21H18ClFN2O4/c22-14-8-24-7-12-17(11-4-10(26)5-15(23)18(11)14)13(20(28)29)9-25-16(27)6-21(19(12)25)2-1-3-21/h4-5,8,13,19H,1-3,6-7,9H2,(H,28,29). The molecule has 1 amide bonds. The molecule has 8 heteroatoms. The van der Waals surface area contributed by atoms with E-state index in [0.717, 1.165) is 25.3 Å².